The maximum absolute atomic E-state index is 3.72. The van der Waals surface area contributed by atoms with Crippen molar-refractivity contribution in [1.29, 1.82) is 0 Å². The monoisotopic (exact) mass is 370 g/mol. The molecule has 1 N–H and O–H groups in total. The Hall–Kier alpha value is -0.0300. The average Bonchev–Trinajstić information content (AvgIpc) is 2.77. The highest BCUT2D eigenvalue weighted by Gasteiger charge is 2.16. The molecule has 0 amide bonds. The molecular formula is C17H27BrN2S. The first-order valence-electron chi connectivity index (χ1n) is 8.09. The summed E-state index contributed by atoms with van der Waals surface area (Å²) < 4.78 is 1.23. The van der Waals surface area contributed by atoms with Crippen molar-refractivity contribution in [2.75, 3.05) is 37.7 Å². The van der Waals surface area contributed by atoms with Gasteiger partial charge in [-0.1, -0.05) is 41.1 Å². The zero-order chi connectivity index (χ0) is 14.9. The van der Waals surface area contributed by atoms with Crippen molar-refractivity contribution in [3.8, 4) is 0 Å². The molecule has 1 saturated heterocycles. The van der Waals surface area contributed by atoms with Crippen LogP contribution in [0.1, 0.15) is 37.8 Å². The number of nitrogens with one attached hydrogen (secondary N) is 1. The van der Waals surface area contributed by atoms with Gasteiger partial charge >= 0.3 is 0 Å². The van der Waals surface area contributed by atoms with E-state index in [0.717, 1.165) is 6.54 Å². The molecule has 1 aromatic rings. The molecule has 0 saturated carbocycles. The van der Waals surface area contributed by atoms with Crippen LogP contribution >= 0.6 is 27.7 Å². The minimum Gasteiger partial charge on any atom is -0.310 e. The van der Waals surface area contributed by atoms with E-state index in [9.17, 15) is 0 Å². The molecule has 1 heterocycles. The standard InChI is InChI=1S/C17H27BrN2S/c1-2-9-19-17(15-6-3-4-7-16(15)18)8-11-20-10-5-13-21-14-12-20/h3-4,6-7,17,19H,2,5,8-14H2,1H3. The molecule has 0 bridgehead atoms. The zero-order valence-corrected chi connectivity index (χ0v) is 15.4. The fourth-order valence-electron chi connectivity index (χ4n) is 2.78. The van der Waals surface area contributed by atoms with Crippen molar-refractivity contribution < 1.29 is 0 Å². The van der Waals surface area contributed by atoms with Crippen LogP contribution in [0.25, 0.3) is 0 Å². The minimum absolute atomic E-state index is 0.455. The Labute approximate surface area is 142 Å². The van der Waals surface area contributed by atoms with E-state index in [4.69, 9.17) is 0 Å². The van der Waals surface area contributed by atoms with Crippen LogP contribution in [-0.2, 0) is 0 Å². The lowest BCUT2D eigenvalue weighted by atomic mass is 10.0. The Balaban J connectivity index is 1.94. The Morgan fingerprint density at radius 3 is 2.95 bits per heavy atom. The fraction of sp³-hybridized carbons (Fsp3) is 0.647. The van der Waals surface area contributed by atoms with Crippen LogP contribution in [0.15, 0.2) is 28.7 Å². The molecule has 0 aliphatic carbocycles. The molecule has 1 atom stereocenters. The molecule has 0 spiro atoms. The van der Waals surface area contributed by atoms with Gasteiger partial charge in [-0.3, -0.25) is 0 Å². The number of rotatable bonds is 7. The molecule has 118 valence electrons. The summed E-state index contributed by atoms with van der Waals surface area (Å²) in [4.78, 5) is 2.64. The van der Waals surface area contributed by atoms with Crippen LogP contribution in [0.2, 0.25) is 0 Å². The van der Waals surface area contributed by atoms with Crippen molar-refractivity contribution in [3.63, 3.8) is 0 Å². The van der Waals surface area contributed by atoms with Gasteiger partial charge in [0, 0.05) is 22.8 Å². The van der Waals surface area contributed by atoms with E-state index in [1.54, 1.807) is 0 Å². The SMILES string of the molecule is CCCNC(CCN1CCCSCC1)c1ccccc1Br. The van der Waals surface area contributed by atoms with Crippen LogP contribution in [0.5, 0.6) is 0 Å². The molecule has 0 radical (unpaired) electrons. The number of hydrogen-bond acceptors (Lipinski definition) is 3. The number of halogens is 1. The highest BCUT2D eigenvalue weighted by atomic mass is 79.9. The van der Waals surface area contributed by atoms with Crippen LogP contribution in [0.4, 0.5) is 0 Å². The smallest absolute Gasteiger partial charge is 0.0343 e. The van der Waals surface area contributed by atoms with E-state index >= 15 is 0 Å². The normalized spacial score (nSPS) is 18.4. The fourth-order valence-corrected chi connectivity index (χ4v) is 4.26. The molecule has 0 aromatic heterocycles. The minimum atomic E-state index is 0.455. The molecule has 2 rings (SSSR count). The summed E-state index contributed by atoms with van der Waals surface area (Å²) in [5, 5.41) is 3.72. The van der Waals surface area contributed by atoms with Crippen LogP contribution in [0, 0.1) is 0 Å². The quantitative estimate of drug-likeness (QED) is 0.769. The van der Waals surface area contributed by atoms with Crippen molar-refractivity contribution in [3.05, 3.63) is 34.3 Å². The predicted octanol–water partition coefficient (Wildman–Crippen LogP) is 4.32. The Morgan fingerprint density at radius 2 is 2.14 bits per heavy atom. The number of benzene rings is 1. The summed E-state index contributed by atoms with van der Waals surface area (Å²) in [6.45, 7) is 7.03. The second-order valence-electron chi connectivity index (χ2n) is 5.62. The topological polar surface area (TPSA) is 15.3 Å². The van der Waals surface area contributed by atoms with Crippen molar-refractivity contribution in [1.82, 2.24) is 10.2 Å². The molecule has 1 aromatic carbocycles. The summed E-state index contributed by atoms with van der Waals surface area (Å²) in [7, 11) is 0. The molecule has 1 unspecified atom stereocenters. The van der Waals surface area contributed by atoms with E-state index in [1.165, 1.54) is 60.4 Å². The van der Waals surface area contributed by atoms with Gasteiger partial charge in [0.05, 0.1) is 0 Å². The van der Waals surface area contributed by atoms with E-state index in [0.29, 0.717) is 6.04 Å². The van der Waals surface area contributed by atoms with Gasteiger partial charge in [0.25, 0.3) is 0 Å². The van der Waals surface area contributed by atoms with E-state index in [2.05, 4.69) is 69.1 Å². The number of hydrogen-bond donors (Lipinski definition) is 1. The van der Waals surface area contributed by atoms with Gasteiger partial charge in [-0.25, -0.2) is 0 Å². The molecule has 21 heavy (non-hydrogen) atoms. The molecular weight excluding hydrogens is 344 g/mol. The highest BCUT2D eigenvalue weighted by molar-refractivity contribution is 9.10. The Bertz CT molecular complexity index is 406. The van der Waals surface area contributed by atoms with Crippen LogP contribution in [0.3, 0.4) is 0 Å². The van der Waals surface area contributed by atoms with Gasteiger partial charge in [0.1, 0.15) is 0 Å². The van der Waals surface area contributed by atoms with Crippen molar-refractivity contribution in [2.45, 2.75) is 32.2 Å². The predicted molar refractivity (Wildman–Crippen MR) is 98.2 cm³/mol. The third kappa shape index (κ3) is 5.93. The number of thioether (sulfide) groups is 1. The van der Waals surface area contributed by atoms with Crippen molar-refractivity contribution in [2.24, 2.45) is 0 Å². The van der Waals surface area contributed by atoms with E-state index < -0.39 is 0 Å². The molecule has 1 fully saturated rings. The Morgan fingerprint density at radius 1 is 1.29 bits per heavy atom. The van der Waals surface area contributed by atoms with Crippen LogP contribution < -0.4 is 5.32 Å². The molecule has 2 nitrogen and oxygen atoms in total. The molecule has 1 aliphatic heterocycles. The lowest BCUT2D eigenvalue weighted by Crippen LogP contribution is -2.31. The van der Waals surface area contributed by atoms with Crippen molar-refractivity contribution >= 4 is 27.7 Å². The lowest BCUT2D eigenvalue weighted by molar-refractivity contribution is 0.275. The first kappa shape index (κ1) is 17.3. The summed E-state index contributed by atoms with van der Waals surface area (Å²) in [5.41, 5.74) is 1.40. The lowest BCUT2D eigenvalue weighted by Gasteiger charge is -2.25. The highest BCUT2D eigenvalue weighted by Crippen LogP contribution is 2.26. The summed E-state index contributed by atoms with van der Waals surface area (Å²) in [6.07, 6.45) is 3.71. The first-order valence-corrected chi connectivity index (χ1v) is 10.0. The summed E-state index contributed by atoms with van der Waals surface area (Å²) >= 11 is 5.81. The summed E-state index contributed by atoms with van der Waals surface area (Å²) in [5.74, 6) is 2.63. The third-order valence-electron chi connectivity index (χ3n) is 3.97. The van der Waals surface area contributed by atoms with Crippen LogP contribution in [-0.4, -0.2) is 42.6 Å². The number of nitrogens with zero attached hydrogens (tertiary/aromatic N) is 1. The van der Waals surface area contributed by atoms with Gasteiger partial charge in [-0.05, 0) is 56.3 Å². The van der Waals surface area contributed by atoms with Gasteiger partial charge in [-0.2, -0.15) is 11.8 Å². The molecule has 4 heteroatoms. The second kappa shape index (κ2) is 9.88. The third-order valence-corrected chi connectivity index (χ3v) is 5.74. The van der Waals surface area contributed by atoms with E-state index in [1.807, 2.05) is 0 Å². The van der Waals surface area contributed by atoms with Gasteiger partial charge in [0.2, 0.25) is 0 Å². The average molecular weight is 371 g/mol. The second-order valence-corrected chi connectivity index (χ2v) is 7.70. The van der Waals surface area contributed by atoms with Gasteiger partial charge in [0.15, 0.2) is 0 Å². The Kier molecular flexibility index (Phi) is 8.15. The van der Waals surface area contributed by atoms with Gasteiger partial charge in [-0.15, -0.1) is 0 Å². The largest absolute Gasteiger partial charge is 0.310 e. The maximum Gasteiger partial charge on any atom is 0.0343 e. The first-order chi connectivity index (χ1) is 10.3. The van der Waals surface area contributed by atoms with E-state index in [-0.39, 0.29) is 0 Å². The zero-order valence-electron chi connectivity index (χ0n) is 13.0. The summed E-state index contributed by atoms with van der Waals surface area (Å²) in [6, 6.07) is 9.09. The maximum atomic E-state index is 3.72. The van der Waals surface area contributed by atoms with Gasteiger partial charge < -0.3 is 10.2 Å². The molecule has 1 aliphatic rings.